The number of rotatable bonds is 1. The maximum Gasteiger partial charge on any atom is 0.227 e. The first-order valence-corrected chi connectivity index (χ1v) is 8.53. The van der Waals surface area contributed by atoms with Crippen LogP contribution < -0.4 is 4.90 Å². The van der Waals surface area contributed by atoms with Crippen molar-refractivity contribution in [1.82, 2.24) is 9.88 Å². The first kappa shape index (κ1) is 13.4. The number of aryl methyl sites for hydroxylation is 1. The molecule has 3 aromatic rings. The fraction of sp³-hybridized carbons (Fsp3) is 0.421. The number of nitrogens with zero attached hydrogens (tertiary/aromatic N) is 3. The molecular formula is C19H21N3O. The molecule has 2 aliphatic rings. The lowest BCUT2D eigenvalue weighted by atomic mass is 10.0. The normalized spacial score (nSPS) is 27.2. The number of aromatic nitrogens is 1. The van der Waals surface area contributed by atoms with Gasteiger partial charge in [0.05, 0.1) is 11.9 Å². The van der Waals surface area contributed by atoms with Crippen LogP contribution in [0.25, 0.3) is 22.1 Å². The van der Waals surface area contributed by atoms with E-state index in [2.05, 4.69) is 46.8 Å². The molecule has 3 unspecified atom stereocenters. The SMILES string of the molecule is Cc1ccc2c(oc3ncccc32)c1N1C2CCCN(C2)C1C. The first-order chi connectivity index (χ1) is 11.2. The van der Waals surface area contributed by atoms with Crippen molar-refractivity contribution in [3.05, 3.63) is 36.0 Å². The minimum absolute atomic E-state index is 0.438. The predicted octanol–water partition coefficient (Wildman–Crippen LogP) is 3.92. The number of hydrogen-bond acceptors (Lipinski definition) is 4. The Morgan fingerprint density at radius 2 is 2.13 bits per heavy atom. The van der Waals surface area contributed by atoms with Crippen LogP contribution in [0, 0.1) is 6.92 Å². The average Bonchev–Trinajstić information content (AvgIpc) is 3.04. The fourth-order valence-electron chi connectivity index (χ4n) is 4.48. The summed E-state index contributed by atoms with van der Waals surface area (Å²) in [7, 11) is 0. The van der Waals surface area contributed by atoms with E-state index in [4.69, 9.17) is 4.42 Å². The van der Waals surface area contributed by atoms with Crippen LogP contribution in [0.5, 0.6) is 0 Å². The first-order valence-electron chi connectivity index (χ1n) is 8.53. The van der Waals surface area contributed by atoms with Gasteiger partial charge in [-0.05, 0) is 44.4 Å². The molecule has 0 amide bonds. The fourth-order valence-corrected chi connectivity index (χ4v) is 4.48. The minimum atomic E-state index is 0.438. The average molecular weight is 307 g/mol. The van der Waals surface area contributed by atoms with Crippen molar-refractivity contribution in [1.29, 1.82) is 0 Å². The summed E-state index contributed by atoms with van der Waals surface area (Å²) in [6.07, 6.45) is 4.80. The van der Waals surface area contributed by atoms with Crippen LogP contribution in [-0.2, 0) is 0 Å². The summed E-state index contributed by atoms with van der Waals surface area (Å²) < 4.78 is 6.20. The van der Waals surface area contributed by atoms with Gasteiger partial charge in [-0.2, -0.15) is 0 Å². The molecular weight excluding hydrogens is 286 g/mol. The Labute approximate surface area is 135 Å². The smallest absolute Gasteiger partial charge is 0.227 e. The van der Waals surface area contributed by atoms with Crippen LogP contribution in [0.4, 0.5) is 5.69 Å². The van der Waals surface area contributed by atoms with E-state index in [1.165, 1.54) is 42.6 Å². The molecule has 0 N–H and O–H groups in total. The molecule has 0 aliphatic carbocycles. The molecule has 4 heteroatoms. The van der Waals surface area contributed by atoms with E-state index < -0.39 is 0 Å². The number of piperidine rings is 1. The van der Waals surface area contributed by atoms with Gasteiger partial charge in [-0.3, -0.25) is 4.90 Å². The maximum absolute atomic E-state index is 6.20. The van der Waals surface area contributed by atoms with E-state index in [0.717, 1.165) is 16.7 Å². The van der Waals surface area contributed by atoms with E-state index in [0.29, 0.717) is 12.2 Å². The molecule has 3 atom stereocenters. The zero-order valence-corrected chi connectivity index (χ0v) is 13.6. The summed E-state index contributed by atoms with van der Waals surface area (Å²) in [4.78, 5) is 9.59. The Hall–Kier alpha value is -2.07. The van der Waals surface area contributed by atoms with Crippen LogP contribution in [-0.4, -0.2) is 35.2 Å². The van der Waals surface area contributed by atoms with Gasteiger partial charge in [-0.15, -0.1) is 0 Å². The van der Waals surface area contributed by atoms with E-state index in [1.54, 1.807) is 6.20 Å². The Morgan fingerprint density at radius 1 is 1.22 bits per heavy atom. The lowest BCUT2D eigenvalue weighted by Gasteiger charge is -2.30. The van der Waals surface area contributed by atoms with Crippen molar-refractivity contribution in [2.24, 2.45) is 0 Å². The third-order valence-corrected chi connectivity index (χ3v) is 5.60. The number of benzene rings is 1. The van der Waals surface area contributed by atoms with Crippen molar-refractivity contribution >= 4 is 27.8 Å². The highest BCUT2D eigenvalue weighted by Gasteiger charge is 2.40. The molecule has 2 aromatic heterocycles. The van der Waals surface area contributed by atoms with Gasteiger partial charge in [-0.1, -0.05) is 12.1 Å². The van der Waals surface area contributed by atoms with Crippen molar-refractivity contribution < 1.29 is 4.42 Å². The van der Waals surface area contributed by atoms with E-state index >= 15 is 0 Å². The zero-order valence-electron chi connectivity index (χ0n) is 13.6. The van der Waals surface area contributed by atoms with Crippen molar-refractivity contribution in [2.75, 3.05) is 18.0 Å². The molecule has 4 nitrogen and oxygen atoms in total. The summed E-state index contributed by atoms with van der Waals surface area (Å²) in [5, 5.41) is 2.29. The molecule has 0 radical (unpaired) electrons. The number of fused-ring (bicyclic) bond motifs is 5. The molecule has 0 saturated carbocycles. The largest absolute Gasteiger partial charge is 0.436 e. The van der Waals surface area contributed by atoms with Gasteiger partial charge in [0, 0.05) is 36.1 Å². The highest BCUT2D eigenvalue weighted by molar-refractivity contribution is 6.08. The second kappa shape index (κ2) is 4.71. The summed E-state index contributed by atoms with van der Waals surface area (Å²) in [6.45, 7) is 6.91. The molecule has 23 heavy (non-hydrogen) atoms. The third kappa shape index (κ3) is 1.78. The zero-order chi connectivity index (χ0) is 15.6. The minimum Gasteiger partial charge on any atom is -0.436 e. The molecule has 4 heterocycles. The standard InChI is InChI=1S/C19H21N3O/c1-12-7-8-15-16-6-3-9-20-19(16)23-18(15)17(12)22-13(2)21-10-4-5-14(22)11-21/h3,6-9,13-14H,4-5,10-11H2,1-2H3. The number of furan rings is 1. The topological polar surface area (TPSA) is 32.5 Å². The molecule has 2 saturated heterocycles. The predicted molar refractivity (Wildman–Crippen MR) is 92.8 cm³/mol. The maximum atomic E-state index is 6.20. The number of hydrogen-bond donors (Lipinski definition) is 0. The van der Waals surface area contributed by atoms with Crippen LogP contribution in [0.1, 0.15) is 25.3 Å². The Kier molecular flexibility index (Phi) is 2.74. The second-order valence-electron chi connectivity index (χ2n) is 6.90. The molecule has 2 fully saturated rings. The van der Waals surface area contributed by atoms with Gasteiger partial charge >= 0.3 is 0 Å². The quantitative estimate of drug-likeness (QED) is 0.682. The Morgan fingerprint density at radius 3 is 3.00 bits per heavy atom. The molecule has 1 aromatic carbocycles. The Bertz CT molecular complexity index is 898. The monoisotopic (exact) mass is 307 g/mol. The molecule has 2 aliphatic heterocycles. The van der Waals surface area contributed by atoms with Crippen LogP contribution in [0.2, 0.25) is 0 Å². The summed E-state index contributed by atoms with van der Waals surface area (Å²) >= 11 is 0. The van der Waals surface area contributed by atoms with E-state index in [1.807, 2.05) is 6.07 Å². The van der Waals surface area contributed by atoms with Crippen molar-refractivity contribution in [2.45, 2.75) is 38.9 Å². The summed E-state index contributed by atoms with van der Waals surface area (Å²) in [6, 6.07) is 9.08. The third-order valence-electron chi connectivity index (χ3n) is 5.60. The van der Waals surface area contributed by atoms with Crippen LogP contribution >= 0.6 is 0 Å². The highest BCUT2D eigenvalue weighted by atomic mass is 16.3. The van der Waals surface area contributed by atoms with Gasteiger partial charge in [0.1, 0.15) is 0 Å². The van der Waals surface area contributed by atoms with E-state index in [9.17, 15) is 0 Å². The van der Waals surface area contributed by atoms with Crippen molar-refractivity contribution in [3.63, 3.8) is 0 Å². The Balaban J connectivity index is 1.79. The second-order valence-corrected chi connectivity index (χ2v) is 6.90. The van der Waals surface area contributed by atoms with Crippen molar-refractivity contribution in [3.8, 4) is 0 Å². The molecule has 0 spiro atoms. The van der Waals surface area contributed by atoms with Gasteiger partial charge in [0.25, 0.3) is 0 Å². The van der Waals surface area contributed by atoms with Gasteiger partial charge in [0.2, 0.25) is 5.71 Å². The molecule has 5 rings (SSSR count). The summed E-state index contributed by atoms with van der Waals surface area (Å²) in [5.74, 6) is 0. The highest BCUT2D eigenvalue weighted by Crippen LogP contribution is 2.42. The number of pyridine rings is 1. The molecule has 118 valence electrons. The molecule has 2 bridgehead atoms. The van der Waals surface area contributed by atoms with Gasteiger partial charge in [0.15, 0.2) is 5.58 Å². The van der Waals surface area contributed by atoms with E-state index in [-0.39, 0.29) is 0 Å². The van der Waals surface area contributed by atoms with Gasteiger partial charge in [-0.25, -0.2) is 4.98 Å². The number of anilines is 1. The lowest BCUT2D eigenvalue weighted by Crippen LogP contribution is -2.37. The lowest BCUT2D eigenvalue weighted by molar-refractivity contribution is 0.244. The van der Waals surface area contributed by atoms with Crippen LogP contribution in [0.3, 0.4) is 0 Å². The van der Waals surface area contributed by atoms with Gasteiger partial charge < -0.3 is 9.32 Å². The summed E-state index contributed by atoms with van der Waals surface area (Å²) in [5.41, 5.74) is 4.29. The van der Waals surface area contributed by atoms with Crippen LogP contribution in [0.15, 0.2) is 34.9 Å².